The first-order valence-corrected chi connectivity index (χ1v) is 9.48. The molecular formula is C21H22N8O. The molecule has 0 atom stereocenters. The van der Waals surface area contributed by atoms with Gasteiger partial charge in [0.15, 0.2) is 5.65 Å². The van der Waals surface area contributed by atoms with Crippen LogP contribution < -0.4 is 11.1 Å². The van der Waals surface area contributed by atoms with Gasteiger partial charge in [0.05, 0.1) is 10.9 Å². The van der Waals surface area contributed by atoms with Crippen LogP contribution in [-0.2, 0) is 5.54 Å². The number of rotatable bonds is 5. The van der Waals surface area contributed by atoms with E-state index in [1.807, 2.05) is 45.0 Å². The van der Waals surface area contributed by atoms with E-state index in [0.29, 0.717) is 34.8 Å². The minimum atomic E-state index is -0.593. The van der Waals surface area contributed by atoms with Crippen LogP contribution in [0.3, 0.4) is 0 Å². The van der Waals surface area contributed by atoms with Crippen molar-refractivity contribution in [3.63, 3.8) is 0 Å². The summed E-state index contributed by atoms with van der Waals surface area (Å²) in [6.07, 6.45) is 4.29. The van der Waals surface area contributed by atoms with Gasteiger partial charge in [-0.2, -0.15) is 5.10 Å². The van der Waals surface area contributed by atoms with Gasteiger partial charge in [-0.1, -0.05) is 29.8 Å². The molecule has 0 aliphatic carbocycles. The predicted molar refractivity (Wildman–Crippen MR) is 114 cm³/mol. The topological polar surface area (TPSA) is 124 Å². The molecule has 0 saturated heterocycles. The first-order chi connectivity index (χ1) is 14.4. The highest BCUT2D eigenvalue weighted by Crippen LogP contribution is 2.32. The number of aryl methyl sites for hydroxylation is 1. The van der Waals surface area contributed by atoms with Gasteiger partial charge in [-0.15, -0.1) is 0 Å². The molecule has 0 radical (unpaired) electrons. The zero-order valence-electron chi connectivity index (χ0n) is 17.0. The van der Waals surface area contributed by atoms with Crippen LogP contribution >= 0.6 is 0 Å². The minimum Gasteiger partial charge on any atom is -0.383 e. The molecule has 3 heterocycles. The number of aromatic nitrogens is 6. The second-order valence-corrected chi connectivity index (χ2v) is 7.67. The van der Waals surface area contributed by atoms with Gasteiger partial charge in [-0.05, 0) is 26.8 Å². The third-order valence-electron chi connectivity index (χ3n) is 4.89. The smallest absolute Gasteiger partial charge is 0.270 e. The second kappa shape index (κ2) is 7.51. The molecule has 1 amide bonds. The fourth-order valence-corrected chi connectivity index (χ4v) is 3.20. The predicted octanol–water partition coefficient (Wildman–Crippen LogP) is 2.34. The highest BCUT2D eigenvalue weighted by atomic mass is 16.1. The summed E-state index contributed by atoms with van der Waals surface area (Å²) >= 11 is 0. The molecule has 4 aromatic rings. The molecular weight excluding hydrogens is 380 g/mol. The van der Waals surface area contributed by atoms with E-state index in [1.165, 1.54) is 18.9 Å². The van der Waals surface area contributed by atoms with Crippen molar-refractivity contribution in [2.24, 2.45) is 0 Å². The van der Waals surface area contributed by atoms with Gasteiger partial charge in [0, 0.05) is 18.3 Å². The van der Waals surface area contributed by atoms with Gasteiger partial charge < -0.3 is 11.1 Å². The number of nitrogens with zero attached hydrogens (tertiary/aromatic N) is 6. The summed E-state index contributed by atoms with van der Waals surface area (Å²) in [5.41, 5.74) is 9.29. The average molecular weight is 402 g/mol. The Morgan fingerprint density at radius 1 is 1.10 bits per heavy atom. The quantitative estimate of drug-likeness (QED) is 0.525. The lowest BCUT2D eigenvalue weighted by Crippen LogP contribution is -2.41. The number of anilines is 1. The van der Waals surface area contributed by atoms with Crippen molar-refractivity contribution in [3.8, 4) is 11.3 Å². The average Bonchev–Trinajstić information content (AvgIpc) is 3.15. The van der Waals surface area contributed by atoms with Crippen molar-refractivity contribution >= 4 is 22.8 Å². The summed E-state index contributed by atoms with van der Waals surface area (Å²) < 4.78 is 1.79. The Labute approximate surface area is 173 Å². The van der Waals surface area contributed by atoms with Crippen molar-refractivity contribution in [1.82, 2.24) is 35.0 Å². The van der Waals surface area contributed by atoms with Crippen molar-refractivity contribution in [2.45, 2.75) is 26.3 Å². The van der Waals surface area contributed by atoms with E-state index >= 15 is 0 Å². The van der Waals surface area contributed by atoms with E-state index in [9.17, 15) is 4.79 Å². The molecule has 0 saturated carbocycles. The Kier molecular flexibility index (Phi) is 4.86. The van der Waals surface area contributed by atoms with Crippen LogP contribution in [-0.4, -0.2) is 42.2 Å². The van der Waals surface area contributed by atoms with Crippen LogP contribution in [0.2, 0.25) is 0 Å². The summed E-state index contributed by atoms with van der Waals surface area (Å²) in [7, 11) is 0. The number of hydrogen-bond donors (Lipinski definition) is 2. The van der Waals surface area contributed by atoms with Crippen molar-refractivity contribution < 1.29 is 4.79 Å². The number of fused-ring (bicyclic) bond motifs is 1. The summed E-state index contributed by atoms with van der Waals surface area (Å²) in [5.74, 6) is 0.0810. The standard InChI is InChI=1S/C21H22N8O/c1-13-4-6-14(7-5-13)17-16-18(22)26-12-27-19(16)29(28-17)21(2,3)10-24-20(30)15-8-9-23-11-25-15/h4-9,11-12H,10H2,1-3H3,(H,24,30)(H2,22,26,27). The molecule has 9 nitrogen and oxygen atoms in total. The van der Waals surface area contributed by atoms with Crippen LogP contribution in [0.4, 0.5) is 5.82 Å². The van der Waals surface area contributed by atoms with Crippen molar-refractivity contribution in [3.05, 3.63) is 60.4 Å². The first kappa shape index (κ1) is 19.4. The summed E-state index contributed by atoms with van der Waals surface area (Å²) in [5, 5.41) is 8.43. The summed E-state index contributed by atoms with van der Waals surface area (Å²) in [6.45, 7) is 6.28. The first-order valence-electron chi connectivity index (χ1n) is 9.48. The van der Waals surface area contributed by atoms with E-state index in [-0.39, 0.29) is 5.91 Å². The van der Waals surface area contributed by atoms with Gasteiger partial charge >= 0.3 is 0 Å². The monoisotopic (exact) mass is 402 g/mol. The van der Waals surface area contributed by atoms with E-state index in [1.54, 1.807) is 10.7 Å². The maximum atomic E-state index is 12.4. The molecule has 3 aromatic heterocycles. The molecule has 30 heavy (non-hydrogen) atoms. The van der Waals surface area contributed by atoms with E-state index in [4.69, 9.17) is 10.8 Å². The molecule has 0 unspecified atom stereocenters. The third-order valence-corrected chi connectivity index (χ3v) is 4.89. The molecule has 4 rings (SSSR count). The summed E-state index contributed by atoms with van der Waals surface area (Å²) in [6, 6.07) is 9.60. The lowest BCUT2D eigenvalue weighted by atomic mass is 10.1. The maximum Gasteiger partial charge on any atom is 0.270 e. The molecule has 3 N–H and O–H groups in total. The highest BCUT2D eigenvalue weighted by molar-refractivity contribution is 5.98. The Bertz CT molecular complexity index is 1200. The Hall–Kier alpha value is -3.88. The Balaban J connectivity index is 1.72. The fraction of sp³-hybridized carbons (Fsp3) is 0.238. The number of carbonyl (C=O) groups excluding carboxylic acids is 1. The van der Waals surface area contributed by atoms with E-state index in [0.717, 1.165) is 11.1 Å². The van der Waals surface area contributed by atoms with Crippen LogP contribution in [0.1, 0.15) is 29.9 Å². The zero-order valence-corrected chi connectivity index (χ0v) is 17.0. The van der Waals surface area contributed by atoms with Gasteiger partial charge in [0.2, 0.25) is 0 Å². The number of hydrogen-bond acceptors (Lipinski definition) is 7. The van der Waals surface area contributed by atoms with E-state index in [2.05, 4.69) is 25.3 Å². The molecule has 0 aliphatic heterocycles. The molecule has 0 bridgehead atoms. The molecule has 0 fully saturated rings. The number of nitrogens with one attached hydrogen (secondary N) is 1. The SMILES string of the molecule is Cc1ccc(-c2nn(C(C)(C)CNC(=O)c3ccncn3)c3ncnc(N)c23)cc1. The van der Waals surface area contributed by atoms with Gasteiger partial charge in [0.1, 0.15) is 29.9 Å². The molecule has 0 aliphatic rings. The zero-order chi connectivity index (χ0) is 21.3. The number of nitrogens with two attached hydrogens (primary N) is 1. The van der Waals surface area contributed by atoms with E-state index < -0.39 is 5.54 Å². The van der Waals surface area contributed by atoms with Crippen LogP contribution in [0, 0.1) is 6.92 Å². The van der Waals surface area contributed by atoms with Gasteiger partial charge in [-0.3, -0.25) is 4.79 Å². The summed E-state index contributed by atoms with van der Waals surface area (Å²) in [4.78, 5) is 28.8. The minimum absolute atomic E-state index is 0.283. The largest absolute Gasteiger partial charge is 0.383 e. The van der Waals surface area contributed by atoms with Crippen molar-refractivity contribution in [1.29, 1.82) is 0 Å². The lowest BCUT2D eigenvalue weighted by Gasteiger charge is -2.26. The number of amides is 1. The van der Waals surface area contributed by atoms with Crippen LogP contribution in [0.5, 0.6) is 0 Å². The maximum absolute atomic E-state index is 12.4. The van der Waals surface area contributed by atoms with Crippen molar-refractivity contribution in [2.75, 3.05) is 12.3 Å². The lowest BCUT2D eigenvalue weighted by molar-refractivity contribution is 0.0931. The van der Waals surface area contributed by atoms with Gasteiger partial charge in [-0.25, -0.2) is 24.6 Å². The number of nitrogen functional groups attached to an aromatic ring is 1. The Morgan fingerprint density at radius 2 is 1.87 bits per heavy atom. The van der Waals surface area contributed by atoms with Crippen LogP contribution in [0.25, 0.3) is 22.3 Å². The number of benzene rings is 1. The molecule has 0 spiro atoms. The van der Waals surface area contributed by atoms with Gasteiger partial charge in [0.25, 0.3) is 5.91 Å². The highest BCUT2D eigenvalue weighted by Gasteiger charge is 2.28. The molecule has 152 valence electrons. The van der Waals surface area contributed by atoms with Crippen LogP contribution in [0.15, 0.2) is 49.2 Å². The number of carbonyl (C=O) groups is 1. The Morgan fingerprint density at radius 3 is 2.57 bits per heavy atom. The molecule has 1 aromatic carbocycles. The molecule has 9 heteroatoms. The normalized spacial score (nSPS) is 11.6. The fourth-order valence-electron chi connectivity index (χ4n) is 3.20. The second-order valence-electron chi connectivity index (χ2n) is 7.67. The third kappa shape index (κ3) is 3.57.